The molecule has 0 saturated heterocycles. The summed E-state index contributed by atoms with van der Waals surface area (Å²) < 4.78 is 0. The summed E-state index contributed by atoms with van der Waals surface area (Å²) in [6.45, 7) is 11.0. The van der Waals surface area contributed by atoms with Gasteiger partial charge in [-0.2, -0.15) is 41.5 Å². The van der Waals surface area contributed by atoms with Crippen LogP contribution in [0.1, 0.15) is 41.5 Å². The van der Waals surface area contributed by atoms with Crippen molar-refractivity contribution in [2.75, 3.05) is 0 Å². The molecule has 0 aromatic heterocycles. The third-order valence-electron chi connectivity index (χ3n) is 1.36. The van der Waals surface area contributed by atoms with Crippen LogP contribution in [-0.2, 0) is 196 Å². The molecule has 0 bridgehead atoms. The standard InChI is InChI=1S/C6H13NO.C4H9NO.6Y/c1-5(2)7(8)6(3)4;1-4(2)5(3)6;;;;;;/h8H,1-4H3;6H,3H2,1-2H3;;;;;;/q2*-2;;;;;;. The van der Waals surface area contributed by atoms with E-state index in [1.807, 2.05) is 27.7 Å². The quantitative estimate of drug-likeness (QED) is 0.346. The summed E-state index contributed by atoms with van der Waals surface area (Å²) in [7, 11) is 3.19. The average molecular weight is 736 g/mol. The van der Waals surface area contributed by atoms with Gasteiger partial charge in [0.2, 0.25) is 0 Å². The van der Waals surface area contributed by atoms with Gasteiger partial charge in [0.05, 0.1) is 0 Å². The van der Waals surface area contributed by atoms with Gasteiger partial charge < -0.3 is 20.5 Å². The molecule has 0 atom stereocenters. The molecule has 10 heteroatoms. The number of nitrogens with zero attached hydrogens (tertiary/aromatic N) is 2. The number of hydrogen-bond acceptors (Lipinski definition) is 4. The Balaban J connectivity index is -0.0000000188. The molecule has 0 rings (SSSR count). The van der Waals surface area contributed by atoms with E-state index >= 15 is 0 Å². The maximum atomic E-state index is 8.96. The van der Waals surface area contributed by atoms with Crippen LogP contribution in [0.15, 0.2) is 0 Å². The Morgan fingerprint density at radius 1 is 0.600 bits per heavy atom. The molecule has 20 heavy (non-hydrogen) atoms. The predicted octanol–water partition coefficient (Wildman–Crippen LogP) is 2.85. The van der Waals surface area contributed by atoms with E-state index in [-0.39, 0.29) is 196 Å². The van der Waals surface area contributed by atoms with Crippen molar-refractivity contribution in [1.29, 1.82) is 0 Å². The zero-order chi connectivity index (χ0) is 11.9. The van der Waals surface area contributed by atoms with Gasteiger partial charge in [0.15, 0.2) is 0 Å². The molecule has 0 aliphatic heterocycles. The molecule has 0 heterocycles. The van der Waals surface area contributed by atoms with Crippen LogP contribution < -0.4 is 0 Å². The number of hydroxylamine groups is 4. The van der Waals surface area contributed by atoms with Gasteiger partial charge in [0.1, 0.15) is 0 Å². The summed E-state index contributed by atoms with van der Waals surface area (Å²) in [5.74, 6) is 0. The third-order valence-corrected chi connectivity index (χ3v) is 1.36. The molecule has 0 spiro atoms. The van der Waals surface area contributed by atoms with E-state index in [0.29, 0.717) is 0 Å². The van der Waals surface area contributed by atoms with Gasteiger partial charge in [-0.25, -0.2) is 0 Å². The summed E-state index contributed by atoms with van der Waals surface area (Å²) >= 11 is 0. The number of rotatable bonds is 3. The monoisotopic (exact) mass is 736 g/mol. The van der Waals surface area contributed by atoms with Gasteiger partial charge in [0.25, 0.3) is 0 Å². The van der Waals surface area contributed by atoms with Gasteiger partial charge in [-0.3, -0.25) is 25.2 Å². The van der Waals surface area contributed by atoms with Crippen molar-refractivity contribution in [2.24, 2.45) is 0 Å². The zero-order valence-corrected chi connectivity index (χ0v) is 30.5. The van der Waals surface area contributed by atoms with Crippen molar-refractivity contribution in [2.45, 2.75) is 41.5 Å². The summed E-state index contributed by atoms with van der Waals surface area (Å²) in [4.78, 5) is 0. The fraction of sp³-hybridized carbons (Fsp3) is 0.600. The van der Waals surface area contributed by atoms with Crippen molar-refractivity contribution in [3.05, 3.63) is 25.2 Å². The maximum Gasteiger partial charge on any atom is 0 e. The summed E-state index contributed by atoms with van der Waals surface area (Å²) in [6.07, 6.45) is 0. The van der Waals surface area contributed by atoms with Crippen molar-refractivity contribution in [3.8, 4) is 0 Å². The van der Waals surface area contributed by atoms with E-state index < -0.39 is 0 Å². The Bertz CT molecular complexity index is 129. The molecule has 0 saturated carbocycles. The van der Waals surface area contributed by atoms with Crippen LogP contribution in [0.5, 0.6) is 0 Å². The Kier molecular flexibility index (Phi) is 83.2. The summed E-state index contributed by atoms with van der Waals surface area (Å²) in [5, 5.41) is 19.3. The average Bonchev–Trinajstić information content (AvgIpc) is 2.03. The second-order valence-corrected chi connectivity index (χ2v) is 3.55. The minimum Gasteiger partial charge on any atom is -0.491 e. The van der Waals surface area contributed by atoms with Crippen LogP contribution in [0, 0.1) is 25.2 Å². The molecule has 0 fully saturated rings. The van der Waals surface area contributed by atoms with Crippen LogP contribution in [0.2, 0.25) is 0 Å². The van der Waals surface area contributed by atoms with Gasteiger partial charge in [-0.15, -0.1) is 0 Å². The molecular weight excluding hydrogens is 714 g/mol. The molecular formula is C10H22N2O2Y6-4. The van der Waals surface area contributed by atoms with Gasteiger partial charge >= 0.3 is 0 Å². The normalized spacial score (nSPS) is 8.10. The minimum atomic E-state index is 0. The molecule has 0 aliphatic rings. The molecule has 6 radical (unpaired) electrons. The van der Waals surface area contributed by atoms with Crippen LogP contribution in [0.4, 0.5) is 0 Å². The third kappa shape index (κ3) is 39.5. The van der Waals surface area contributed by atoms with Crippen LogP contribution >= 0.6 is 0 Å². The van der Waals surface area contributed by atoms with Crippen molar-refractivity contribution in [3.63, 3.8) is 0 Å². The zero-order valence-electron chi connectivity index (χ0n) is 13.5. The Labute approximate surface area is 276 Å². The van der Waals surface area contributed by atoms with Crippen LogP contribution in [0.3, 0.4) is 0 Å². The molecule has 106 valence electrons. The molecule has 0 aromatic carbocycles. The molecule has 0 aliphatic carbocycles. The van der Waals surface area contributed by atoms with E-state index in [4.69, 9.17) is 10.4 Å². The van der Waals surface area contributed by atoms with Crippen molar-refractivity contribution < 1.29 is 207 Å². The van der Waals surface area contributed by atoms with Crippen molar-refractivity contribution >= 4 is 0 Å². The molecule has 4 nitrogen and oxygen atoms in total. The molecule has 2 N–H and O–H groups in total. The maximum absolute atomic E-state index is 8.96. The Morgan fingerprint density at radius 3 is 0.750 bits per heavy atom. The Morgan fingerprint density at radius 2 is 0.750 bits per heavy atom. The fourth-order valence-corrected chi connectivity index (χ4v) is 0.447. The van der Waals surface area contributed by atoms with E-state index in [1.54, 1.807) is 13.8 Å². The SMILES string of the molecule is C[C-](C)N(O)[C-](C)C.[CH2-]N(O)[C-](C)C.[Y].[Y].[Y].[Y].[Y].[Y]. The molecule has 0 aromatic rings. The predicted molar refractivity (Wildman–Crippen MR) is 56.4 cm³/mol. The molecule has 0 amide bonds. The van der Waals surface area contributed by atoms with Gasteiger partial charge in [-0.05, 0) is 0 Å². The first-order valence-electron chi connectivity index (χ1n) is 4.39. The summed E-state index contributed by atoms with van der Waals surface area (Å²) in [6, 6.07) is 2.57. The van der Waals surface area contributed by atoms with E-state index in [9.17, 15) is 0 Å². The first-order chi connectivity index (χ1) is 6.20. The minimum absolute atomic E-state index is 0. The first-order valence-corrected chi connectivity index (χ1v) is 4.39. The Hall–Kier alpha value is 6.46. The van der Waals surface area contributed by atoms with Crippen LogP contribution in [-0.4, -0.2) is 20.5 Å². The smallest absolute Gasteiger partial charge is 0 e. The topological polar surface area (TPSA) is 46.9 Å². The van der Waals surface area contributed by atoms with Crippen molar-refractivity contribution in [1.82, 2.24) is 10.1 Å². The van der Waals surface area contributed by atoms with E-state index in [1.165, 1.54) is 5.06 Å². The van der Waals surface area contributed by atoms with E-state index in [2.05, 4.69) is 7.05 Å². The number of hydrogen-bond donors (Lipinski definition) is 2. The van der Waals surface area contributed by atoms with Crippen LogP contribution in [0.25, 0.3) is 0 Å². The second-order valence-electron chi connectivity index (χ2n) is 3.55. The fourth-order valence-electron chi connectivity index (χ4n) is 0.447. The first kappa shape index (κ1) is 50.3. The molecule has 0 unspecified atom stereocenters. The van der Waals surface area contributed by atoms with Gasteiger partial charge in [-0.1, -0.05) is 0 Å². The largest absolute Gasteiger partial charge is 0.491 e. The van der Waals surface area contributed by atoms with E-state index in [0.717, 1.165) is 23.2 Å². The second kappa shape index (κ2) is 33.1. The summed E-state index contributed by atoms with van der Waals surface area (Å²) in [5.41, 5.74) is 0. The van der Waals surface area contributed by atoms with Gasteiger partial charge in [0, 0.05) is 196 Å².